The van der Waals surface area contributed by atoms with E-state index in [1.54, 1.807) is 41.2 Å². The molecule has 1 aliphatic rings. The molecule has 0 spiro atoms. The van der Waals surface area contributed by atoms with Gasteiger partial charge in [0, 0.05) is 37.0 Å². The molecule has 0 radical (unpaired) electrons. The quantitative estimate of drug-likeness (QED) is 0.437. The number of hydrogen-bond acceptors (Lipinski definition) is 6. The van der Waals surface area contributed by atoms with E-state index < -0.39 is 0 Å². The van der Waals surface area contributed by atoms with E-state index in [-0.39, 0.29) is 36.5 Å². The number of ether oxygens (including phenoxy) is 1. The van der Waals surface area contributed by atoms with Crippen LogP contribution in [0.1, 0.15) is 12.0 Å². The van der Waals surface area contributed by atoms with Crippen LogP contribution in [0.25, 0.3) is 16.6 Å². The molecule has 0 amide bonds. The summed E-state index contributed by atoms with van der Waals surface area (Å²) in [4.78, 5) is 17.6. The van der Waals surface area contributed by atoms with Crippen molar-refractivity contribution in [2.75, 3.05) is 25.1 Å². The van der Waals surface area contributed by atoms with Gasteiger partial charge in [0.1, 0.15) is 11.6 Å². The first-order chi connectivity index (χ1) is 16.5. The Morgan fingerprint density at radius 3 is 2.94 bits per heavy atom. The van der Waals surface area contributed by atoms with E-state index in [2.05, 4.69) is 15.4 Å². The largest absolute Gasteiger partial charge is 0.396 e. The molecule has 0 saturated carbocycles. The van der Waals surface area contributed by atoms with Crippen LogP contribution in [0, 0.1) is 11.7 Å². The molecule has 4 heterocycles. The summed E-state index contributed by atoms with van der Waals surface area (Å²) in [5.41, 5.74) is 1.24. The van der Waals surface area contributed by atoms with Gasteiger partial charge in [0.2, 0.25) is 0 Å². The minimum atomic E-state index is -0.324. The molecule has 1 aromatic carbocycles. The van der Waals surface area contributed by atoms with Gasteiger partial charge in [0.15, 0.2) is 0 Å². The zero-order valence-corrected chi connectivity index (χ0v) is 19.0. The summed E-state index contributed by atoms with van der Waals surface area (Å²) in [6, 6.07) is 9.83. The number of aromatic nitrogens is 4. The number of halogens is 2. The molecule has 4 aromatic rings. The van der Waals surface area contributed by atoms with Crippen LogP contribution in [0.15, 0.2) is 59.8 Å². The number of hydrogen-bond donors (Lipinski definition) is 2. The van der Waals surface area contributed by atoms with Crippen LogP contribution in [0.5, 0.6) is 0 Å². The maximum atomic E-state index is 14.1. The second-order valence-electron chi connectivity index (χ2n) is 8.26. The number of fused-ring (bicyclic) bond motifs is 1. The zero-order chi connectivity index (χ0) is 23.7. The van der Waals surface area contributed by atoms with Crippen molar-refractivity contribution >= 4 is 28.3 Å². The molecule has 10 heteroatoms. The molecule has 34 heavy (non-hydrogen) atoms. The number of anilines is 1. The minimum Gasteiger partial charge on any atom is -0.396 e. The highest BCUT2D eigenvalue weighted by Crippen LogP contribution is 2.25. The molecule has 2 atom stereocenters. The lowest BCUT2D eigenvalue weighted by Gasteiger charge is -2.31. The molecular weight excluding hydrogens is 461 g/mol. The number of benzene rings is 1. The van der Waals surface area contributed by atoms with Crippen LogP contribution in [0.4, 0.5) is 10.2 Å². The Morgan fingerprint density at radius 1 is 1.26 bits per heavy atom. The third kappa shape index (κ3) is 4.29. The summed E-state index contributed by atoms with van der Waals surface area (Å²) in [5, 5.41) is 17.9. The third-order valence-electron chi connectivity index (χ3n) is 6.15. The molecule has 2 unspecified atom stereocenters. The standard InChI is InChI=1S/C24H23ClFN5O3/c25-18-11-27-23(29-20-14-34-8-6-16(20)13-32)9-22(18)30-7-5-21-17(24(30)33)10-28-31(21)12-15-3-1-2-4-19(15)26/h1-5,7,9-11,16,20,32H,6,8,12-14H2,(H,27,29). The highest BCUT2D eigenvalue weighted by molar-refractivity contribution is 6.32. The number of nitrogens with zero attached hydrogens (tertiary/aromatic N) is 4. The van der Waals surface area contributed by atoms with Crippen molar-refractivity contribution in [1.82, 2.24) is 19.3 Å². The molecule has 2 N–H and O–H groups in total. The van der Waals surface area contributed by atoms with Crippen molar-refractivity contribution in [1.29, 1.82) is 0 Å². The minimum absolute atomic E-state index is 0.0500. The van der Waals surface area contributed by atoms with Crippen molar-refractivity contribution in [3.8, 4) is 5.69 Å². The average Bonchev–Trinajstić information content (AvgIpc) is 3.26. The Kier molecular flexibility index (Phi) is 6.32. The van der Waals surface area contributed by atoms with Crippen LogP contribution in [0.2, 0.25) is 5.02 Å². The highest BCUT2D eigenvalue weighted by atomic mass is 35.5. The van der Waals surface area contributed by atoms with E-state index >= 15 is 0 Å². The SMILES string of the molecule is O=c1c2cnn(Cc3ccccc3F)c2ccn1-c1cc(NC2COCCC2CO)ncc1Cl. The van der Waals surface area contributed by atoms with E-state index in [1.165, 1.54) is 23.0 Å². The fourth-order valence-electron chi connectivity index (χ4n) is 4.22. The van der Waals surface area contributed by atoms with Gasteiger partial charge >= 0.3 is 0 Å². The summed E-state index contributed by atoms with van der Waals surface area (Å²) in [6.07, 6.45) is 5.33. The first-order valence-corrected chi connectivity index (χ1v) is 11.3. The molecule has 1 saturated heterocycles. The Bertz CT molecular complexity index is 1390. The van der Waals surface area contributed by atoms with Gasteiger partial charge in [0.25, 0.3) is 5.56 Å². The van der Waals surface area contributed by atoms with E-state index in [0.717, 1.165) is 6.42 Å². The molecule has 0 aliphatic carbocycles. The molecule has 3 aromatic heterocycles. The molecule has 1 aliphatic heterocycles. The van der Waals surface area contributed by atoms with Crippen LogP contribution in [-0.4, -0.2) is 50.3 Å². The smallest absolute Gasteiger partial charge is 0.266 e. The van der Waals surface area contributed by atoms with Gasteiger partial charge in [-0.2, -0.15) is 5.10 Å². The molecule has 5 rings (SSSR count). The molecule has 1 fully saturated rings. The topological polar surface area (TPSA) is 94.2 Å². The Morgan fingerprint density at radius 2 is 2.12 bits per heavy atom. The van der Waals surface area contributed by atoms with Crippen molar-refractivity contribution in [2.45, 2.75) is 19.0 Å². The predicted molar refractivity (Wildman–Crippen MR) is 127 cm³/mol. The van der Waals surface area contributed by atoms with Gasteiger partial charge in [0.05, 0.1) is 53.2 Å². The van der Waals surface area contributed by atoms with Crippen LogP contribution >= 0.6 is 11.6 Å². The summed E-state index contributed by atoms with van der Waals surface area (Å²) < 4.78 is 22.7. The molecule has 0 bridgehead atoms. The first-order valence-electron chi connectivity index (χ1n) is 11.0. The highest BCUT2D eigenvalue weighted by Gasteiger charge is 2.25. The summed E-state index contributed by atoms with van der Waals surface area (Å²) >= 11 is 6.41. The van der Waals surface area contributed by atoms with Crippen molar-refractivity contribution in [3.05, 3.63) is 81.7 Å². The van der Waals surface area contributed by atoms with Crippen molar-refractivity contribution < 1.29 is 14.2 Å². The zero-order valence-electron chi connectivity index (χ0n) is 18.2. The molecular formula is C24H23ClFN5O3. The summed E-state index contributed by atoms with van der Waals surface area (Å²) in [7, 11) is 0. The van der Waals surface area contributed by atoms with E-state index in [1.807, 2.05) is 0 Å². The first kappa shape index (κ1) is 22.5. The second kappa shape index (κ2) is 9.54. The van der Waals surface area contributed by atoms with Crippen molar-refractivity contribution in [3.63, 3.8) is 0 Å². The molecule has 8 nitrogen and oxygen atoms in total. The fourth-order valence-corrected chi connectivity index (χ4v) is 4.42. The van der Waals surface area contributed by atoms with Gasteiger partial charge in [-0.05, 0) is 18.6 Å². The van der Waals surface area contributed by atoms with Crippen LogP contribution < -0.4 is 10.9 Å². The fraction of sp³-hybridized carbons (Fsp3) is 0.292. The summed E-state index contributed by atoms with van der Waals surface area (Å²) in [5.74, 6) is 0.250. The van der Waals surface area contributed by atoms with Gasteiger partial charge in [-0.1, -0.05) is 29.8 Å². The second-order valence-corrected chi connectivity index (χ2v) is 8.67. The van der Waals surface area contributed by atoms with Gasteiger partial charge in [-0.3, -0.25) is 14.0 Å². The van der Waals surface area contributed by atoms with E-state index in [4.69, 9.17) is 16.3 Å². The van der Waals surface area contributed by atoms with Crippen molar-refractivity contribution in [2.24, 2.45) is 5.92 Å². The Balaban J connectivity index is 1.47. The monoisotopic (exact) mass is 483 g/mol. The van der Waals surface area contributed by atoms with E-state index in [0.29, 0.717) is 46.2 Å². The molecule has 176 valence electrons. The van der Waals surface area contributed by atoms with E-state index in [9.17, 15) is 14.3 Å². The van der Waals surface area contributed by atoms with Crippen LogP contribution in [0.3, 0.4) is 0 Å². The average molecular weight is 484 g/mol. The number of nitrogens with one attached hydrogen (secondary N) is 1. The Hall–Kier alpha value is -3.27. The maximum Gasteiger partial charge on any atom is 0.266 e. The van der Waals surface area contributed by atoms with Gasteiger partial charge in [-0.25, -0.2) is 9.37 Å². The van der Waals surface area contributed by atoms with Gasteiger partial charge < -0.3 is 15.2 Å². The normalized spacial score (nSPS) is 18.3. The van der Waals surface area contributed by atoms with Crippen LogP contribution in [-0.2, 0) is 11.3 Å². The lowest BCUT2D eigenvalue weighted by molar-refractivity contribution is 0.0347. The number of rotatable bonds is 6. The number of aliphatic hydroxyl groups excluding tert-OH is 1. The lowest BCUT2D eigenvalue weighted by Crippen LogP contribution is -2.40. The number of aliphatic hydroxyl groups is 1. The van der Waals surface area contributed by atoms with Gasteiger partial charge in [-0.15, -0.1) is 0 Å². The number of pyridine rings is 2. The Labute approximate surface area is 199 Å². The third-order valence-corrected chi connectivity index (χ3v) is 6.44. The summed E-state index contributed by atoms with van der Waals surface area (Å²) in [6.45, 7) is 1.33. The lowest BCUT2D eigenvalue weighted by atomic mass is 9.96. The maximum absolute atomic E-state index is 14.1. The predicted octanol–water partition coefficient (Wildman–Crippen LogP) is 3.23.